The molecule has 4 nitrogen and oxygen atoms in total. The van der Waals surface area contributed by atoms with Crippen molar-refractivity contribution >= 4 is 17.6 Å². The molecule has 1 heterocycles. The number of hydrogen-bond donors (Lipinski definition) is 1. The second-order valence-electron chi connectivity index (χ2n) is 4.42. The number of carboxylic acids is 1. The van der Waals surface area contributed by atoms with Crippen LogP contribution in [0.5, 0.6) is 5.75 Å². The molecule has 1 fully saturated rings. The number of ether oxygens (including phenoxy) is 2. The smallest absolute Gasteiger partial charge is 0.313 e. The lowest BCUT2D eigenvalue weighted by atomic mass is 9.81. The van der Waals surface area contributed by atoms with Crippen molar-refractivity contribution in [3.05, 3.63) is 29.3 Å². The van der Waals surface area contributed by atoms with E-state index < -0.39 is 11.4 Å². The summed E-state index contributed by atoms with van der Waals surface area (Å²) in [6.07, 6.45) is 0.930. The van der Waals surface area contributed by atoms with Gasteiger partial charge in [0.15, 0.2) is 0 Å². The topological polar surface area (TPSA) is 55.8 Å². The lowest BCUT2D eigenvalue weighted by Crippen LogP contribution is -2.42. The van der Waals surface area contributed by atoms with Crippen LogP contribution in [0.4, 0.5) is 0 Å². The maximum absolute atomic E-state index is 11.4. The van der Waals surface area contributed by atoms with Crippen LogP contribution < -0.4 is 4.74 Å². The summed E-state index contributed by atoms with van der Waals surface area (Å²) in [5, 5.41) is 9.86. The first kappa shape index (κ1) is 13.2. The standard InChI is InChI=1S/C13H15ClO4/c14-10-3-1-2-4-11(10)18-9-13(12(15)16)5-7-17-8-6-13/h1-4H,5-9H2,(H,15,16). The Balaban J connectivity index is 2.06. The Morgan fingerprint density at radius 1 is 1.39 bits per heavy atom. The van der Waals surface area contributed by atoms with Gasteiger partial charge in [0.05, 0.1) is 5.02 Å². The molecule has 1 aromatic carbocycles. The summed E-state index contributed by atoms with van der Waals surface area (Å²) >= 11 is 5.97. The first-order valence-electron chi connectivity index (χ1n) is 5.82. The zero-order valence-corrected chi connectivity index (χ0v) is 10.7. The van der Waals surface area contributed by atoms with Gasteiger partial charge in [-0.3, -0.25) is 4.79 Å². The fourth-order valence-corrected chi connectivity index (χ4v) is 2.15. The summed E-state index contributed by atoms with van der Waals surface area (Å²) in [6.45, 7) is 1.03. The first-order valence-corrected chi connectivity index (χ1v) is 6.20. The van der Waals surface area contributed by atoms with Gasteiger partial charge in [0.2, 0.25) is 0 Å². The molecule has 1 aromatic rings. The van der Waals surface area contributed by atoms with Gasteiger partial charge in [0, 0.05) is 13.2 Å². The van der Waals surface area contributed by atoms with E-state index in [0.29, 0.717) is 36.8 Å². The van der Waals surface area contributed by atoms with Gasteiger partial charge in [-0.05, 0) is 25.0 Å². The minimum atomic E-state index is -0.864. The summed E-state index contributed by atoms with van der Waals surface area (Å²) in [6, 6.07) is 7.06. The van der Waals surface area contributed by atoms with Crippen molar-refractivity contribution in [3.63, 3.8) is 0 Å². The fraction of sp³-hybridized carbons (Fsp3) is 0.462. The Hall–Kier alpha value is -1.26. The van der Waals surface area contributed by atoms with Crippen LogP contribution in [-0.2, 0) is 9.53 Å². The van der Waals surface area contributed by atoms with Crippen molar-refractivity contribution in [2.75, 3.05) is 19.8 Å². The normalized spacial score (nSPS) is 18.3. The molecule has 1 saturated heterocycles. The van der Waals surface area contributed by atoms with Crippen LogP contribution >= 0.6 is 11.6 Å². The SMILES string of the molecule is O=C(O)C1(COc2ccccc2Cl)CCOCC1. The van der Waals surface area contributed by atoms with Gasteiger partial charge >= 0.3 is 5.97 Å². The van der Waals surface area contributed by atoms with Crippen molar-refractivity contribution < 1.29 is 19.4 Å². The third-order valence-electron chi connectivity index (χ3n) is 3.24. The fourth-order valence-electron chi connectivity index (χ4n) is 1.96. The molecule has 0 atom stereocenters. The van der Waals surface area contributed by atoms with Gasteiger partial charge in [0.25, 0.3) is 0 Å². The lowest BCUT2D eigenvalue weighted by molar-refractivity contribution is -0.157. The highest BCUT2D eigenvalue weighted by atomic mass is 35.5. The van der Waals surface area contributed by atoms with E-state index in [2.05, 4.69) is 0 Å². The molecule has 5 heteroatoms. The van der Waals surface area contributed by atoms with Gasteiger partial charge in [-0.2, -0.15) is 0 Å². The summed E-state index contributed by atoms with van der Waals surface area (Å²) in [7, 11) is 0. The number of rotatable bonds is 4. The Labute approximate surface area is 110 Å². The second-order valence-corrected chi connectivity index (χ2v) is 4.82. The van der Waals surface area contributed by atoms with E-state index in [9.17, 15) is 9.90 Å². The maximum atomic E-state index is 11.4. The Morgan fingerprint density at radius 3 is 2.67 bits per heavy atom. The van der Waals surface area contributed by atoms with Gasteiger partial charge < -0.3 is 14.6 Å². The van der Waals surface area contributed by atoms with Gasteiger partial charge in [-0.15, -0.1) is 0 Å². The molecule has 0 aliphatic carbocycles. The zero-order valence-electron chi connectivity index (χ0n) is 9.89. The molecule has 0 amide bonds. The number of carboxylic acid groups (broad SMARTS) is 1. The number of aliphatic carboxylic acids is 1. The molecule has 0 saturated carbocycles. The molecule has 2 rings (SSSR count). The summed E-state index contributed by atoms with van der Waals surface area (Å²) in [5.74, 6) is -0.316. The van der Waals surface area contributed by atoms with Crippen LogP contribution in [0.25, 0.3) is 0 Å². The third kappa shape index (κ3) is 2.76. The van der Waals surface area contributed by atoms with E-state index in [1.807, 2.05) is 0 Å². The van der Waals surface area contributed by atoms with Crippen molar-refractivity contribution in [2.45, 2.75) is 12.8 Å². The van der Waals surface area contributed by atoms with Crippen molar-refractivity contribution in [2.24, 2.45) is 5.41 Å². The summed E-state index contributed by atoms with van der Waals surface area (Å²) in [5.41, 5.74) is -0.864. The van der Waals surface area contributed by atoms with Crippen molar-refractivity contribution in [1.82, 2.24) is 0 Å². The minimum Gasteiger partial charge on any atom is -0.491 e. The van der Waals surface area contributed by atoms with E-state index in [4.69, 9.17) is 21.1 Å². The molecule has 1 N–H and O–H groups in total. The Morgan fingerprint density at radius 2 is 2.06 bits per heavy atom. The molecule has 1 aliphatic rings. The van der Waals surface area contributed by atoms with E-state index in [1.54, 1.807) is 24.3 Å². The van der Waals surface area contributed by atoms with Gasteiger partial charge in [-0.25, -0.2) is 0 Å². The Kier molecular flexibility index (Phi) is 4.09. The molecular formula is C13H15ClO4. The maximum Gasteiger partial charge on any atom is 0.313 e. The van der Waals surface area contributed by atoms with Crippen LogP contribution in [-0.4, -0.2) is 30.9 Å². The van der Waals surface area contributed by atoms with Gasteiger partial charge in [0.1, 0.15) is 17.8 Å². The molecule has 0 spiro atoms. The van der Waals surface area contributed by atoms with Crippen LogP contribution in [0.3, 0.4) is 0 Å². The average molecular weight is 271 g/mol. The molecule has 0 aromatic heterocycles. The Bertz CT molecular complexity index is 427. The second kappa shape index (κ2) is 5.59. The molecule has 0 radical (unpaired) electrons. The van der Waals surface area contributed by atoms with Crippen LogP contribution in [0.2, 0.25) is 5.02 Å². The molecule has 0 unspecified atom stereocenters. The number of para-hydroxylation sites is 1. The number of hydrogen-bond acceptors (Lipinski definition) is 3. The quantitative estimate of drug-likeness (QED) is 0.914. The highest BCUT2D eigenvalue weighted by Gasteiger charge is 2.41. The first-order chi connectivity index (χ1) is 8.64. The van der Waals surface area contributed by atoms with Crippen molar-refractivity contribution in [3.8, 4) is 5.75 Å². The third-order valence-corrected chi connectivity index (χ3v) is 3.56. The van der Waals surface area contributed by atoms with E-state index in [-0.39, 0.29) is 6.61 Å². The molecule has 98 valence electrons. The molecule has 18 heavy (non-hydrogen) atoms. The predicted octanol–water partition coefficient (Wildman–Crippen LogP) is 2.60. The van der Waals surface area contributed by atoms with Crippen LogP contribution in [0.15, 0.2) is 24.3 Å². The van der Waals surface area contributed by atoms with E-state index in [1.165, 1.54) is 0 Å². The number of carbonyl (C=O) groups is 1. The van der Waals surface area contributed by atoms with E-state index in [0.717, 1.165) is 0 Å². The number of benzene rings is 1. The highest BCUT2D eigenvalue weighted by molar-refractivity contribution is 6.32. The van der Waals surface area contributed by atoms with Gasteiger partial charge in [-0.1, -0.05) is 23.7 Å². The molecule has 0 bridgehead atoms. The molecular weight excluding hydrogens is 256 g/mol. The lowest BCUT2D eigenvalue weighted by Gasteiger charge is -2.32. The number of halogens is 1. The van der Waals surface area contributed by atoms with Crippen LogP contribution in [0, 0.1) is 5.41 Å². The minimum absolute atomic E-state index is 0.120. The van der Waals surface area contributed by atoms with Crippen LogP contribution in [0.1, 0.15) is 12.8 Å². The monoisotopic (exact) mass is 270 g/mol. The molecule has 1 aliphatic heterocycles. The zero-order chi connectivity index (χ0) is 13.0. The van der Waals surface area contributed by atoms with E-state index >= 15 is 0 Å². The highest BCUT2D eigenvalue weighted by Crippen LogP contribution is 2.33. The summed E-state index contributed by atoms with van der Waals surface area (Å²) in [4.78, 5) is 11.4. The predicted molar refractivity (Wildman–Crippen MR) is 67.1 cm³/mol. The largest absolute Gasteiger partial charge is 0.491 e. The average Bonchev–Trinajstić information content (AvgIpc) is 2.39. The summed E-state index contributed by atoms with van der Waals surface area (Å²) < 4.78 is 10.8. The van der Waals surface area contributed by atoms with Crippen molar-refractivity contribution in [1.29, 1.82) is 0 Å².